The molecule has 1 fully saturated rings. The molecule has 10 heteroatoms. The van der Waals surface area contributed by atoms with Crippen LogP contribution in [0.5, 0.6) is 0 Å². The fourth-order valence-corrected chi connectivity index (χ4v) is 2.82. The van der Waals surface area contributed by atoms with Crippen LogP contribution in [-0.4, -0.2) is 51.3 Å². The van der Waals surface area contributed by atoms with Crippen molar-refractivity contribution in [3.8, 4) is 0 Å². The predicted octanol–water partition coefficient (Wildman–Crippen LogP) is 1.89. The van der Waals surface area contributed by atoms with Gasteiger partial charge < -0.3 is 14.7 Å². The topological polar surface area (TPSA) is 119 Å². The molecule has 0 spiro atoms. The van der Waals surface area contributed by atoms with Crippen LogP contribution in [0.4, 0.5) is 11.5 Å². The number of aliphatic carboxylic acids is 1. The third-order valence-electron chi connectivity index (χ3n) is 3.75. The first-order valence-electron chi connectivity index (χ1n) is 7.21. The van der Waals surface area contributed by atoms with Crippen LogP contribution in [0, 0.1) is 10.1 Å². The standard InChI is InChI=1S/C13H17ClN4O5/c1-2-9(12(19)20)17(8-3-5-23-6-4-8)11-10(18(21)22)7-15-13(14)16-11/h7-9H,2-6H2,1H3,(H,19,20). The van der Waals surface area contributed by atoms with Crippen LogP contribution in [0.2, 0.25) is 5.28 Å². The van der Waals surface area contributed by atoms with Crippen molar-refractivity contribution in [1.29, 1.82) is 0 Å². The Morgan fingerprint density at radius 2 is 2.26 bits per heavy atom. The Kier molecular flexibility index (Phi) is 5.67. The van der Waals surface area contributed by atoms with Crippen LogP contribution in [0.1, 0.15) is 26.2 Å². The summed E-state index contributed by atoms with van der Waals surface area (Å²) in [4.78, 5) is 31.4. The van der Waals surface area contributed by atoms with Gasteiger partial charge in [0.1, 0.15) is 12.2 Å². The van der Waals surface area contributed by atoms with Crippen molar-refractivity contribution < 1.29 is 19.6 Å². The fourth-order valence-electron chi connectivity index (χ4n) is 2.69. The lowest BCUT2D eigenvalue weighted by Crippen LogP contribution is -2.50. The number of halogens is 1. The molecule has 1 unspecified atom stereocenters. The van der Waals surface area contributed by atoms with Crippen LogP contribution >= 0.6 is 11.6 Å². The Labute approximate surface area is 137 Å². The quantitative estimate of drug-likeness (QED) is 0.472. The summed E-state index contributed by atoms with van der Waals surface area (Å²) in [5.74, 6) is -1.13. The number of aromatic nitrogens is 2. The van der Waals surface area contributed by atoms with Gasteiger partial charge in [0.2, 0.25) is 11.1 Å². The molecule has 1 saturated heterocycles. The second kappa shape index (κ2) is 7.51. The molecular formula is C13H17ClN4O5. The number of ether oxygens (including phenoxy) is 1. The first-order chi connectivity index (χ1) is 11.0. The highest BCUT2D eigenvalue weighted by Crippen LogP contribution is 2.32. The van der Waals surface area contributed by atoms with Gasteiger partial charge in [-0.25, -0.2) is 9.78 Å². The second-order valence-corrected chi connectivity index (χ2v) is 5.46. The van der Waals surface area contributed by atoms with Crippen molar-refractivity contribution in [2.75, 3.05) is 18.1 Å². The average molecular weight is 345 g/mol. The molecule has 2 rings (SSSR count). The minimum atomic E-state index is -1.07. The maximum absolute atomic E-state index is 11.6. The molecule has 1 aliphatic rings. The molecule has 1 atom stereocenters. The summed E-state index contributed by atoms with van der Waals surface area (Å²) < 4.78 is 5.29. The maximum Gasteiger partial charge on any atom is 0.329 e. The number of anilines is 1. The monoisotopic (exact) mass is 344 g/mol. The van der Waals surface area contributed by atoms with E-state index in [1.54, 1.807) is 6.92 Å². The number of hydrogen-bond donors (Lipinski definition) is 1. The largest absolute Gasteiger partial charge is 0.480 e. The highest BCUT2D eigenvalue weighted by atomic mass is 35.5. The second-order valence-electron chi connectivity index (χ2n) is 5.12. The molecule has 0 aromatic carbocycles. The number of carboxylic acid groups (broad SMARTS) is 1. The Balaban J connectivity index is 2.54. The Bertz CT molecular complexity index is 594. The summed E-state index contributed by atoms with van der Waals surface area (Å²) in [6, 6.07) is -1.17. The molecule has 23 heavy (non-hydrogen) atoms. The van der Waals surface area contributed by atoms with Gasteiger partial charge in [-0.15, -0.1) is 0 Å². The normalized spacial score (nSPS) is 16.8. The summed E-state index contributed by atoms with van der Waals surface area (Å²) in [6.07, 6.45) is 2.39. The SMILES string of the molecule is CCC(C(=O)O)N(c1nc(Cl)ncc1[N+](=O)[O-])C1CCOCC1. The number of carbonyl (C=O) groups is 1. The zero-order chi connectivity index (χ0) is 17.0. The molecular weight excluding hydrogens is 328 g/mol. The van der Waals surface area contributed by atoms with Gasteiger partial charge >= 0.3 is 11.7 Å². The van der Waals surface area contributed by atoms with E-state index in [0.29, 0.717) is 26.1 Å². The van der Waals surface area contributed by atoms with Gasteiger partial charge in [-0.3, -0.25) is 10.1 Å². The molecule has 126 valence electrons. The smallest absolute Gasteiger partial charge is 0.329 e. The van der Waals surface area contributed by atoms with Crippen molar-refractivity contribution in [3.63, 3.8) is 0 Å². The molecule has 0 radical (unpaired) electrons. The first-order valence-corrected chi connectivity index (χ1v) is 7.59. The van der Waals surface area contributed by atoms with Crippen LogP contribution in [0.3, 0.4) is 0 Å². The third kappa shape index (κ3) is 3.85. The fraction of sp³-hybridized carbons (Fsp3) is 0.615. The highest BCUT2D eigenvalue weighted by Gasteiger charge is 2.36. The molecule has 0 aliphatic carbocycles. The summed E-state index contributed by atoms with van der Waals surface area (Å²) in [5.41, 5.74) is -0.361. The maximum atomic E-state index is 11.6. The van der Waals surface area contributed by atoms with E-state index in [1.807, 2.05) is 0 Å². The lowest BCUT2D eigenvalue weighted by Gasteiger charge is -2.38. The van der Waals surface area contributed by atoms with Crippen LogP contribution in [0.25, 0.3) is 0 Å². The molecule has 0 bridgehead atoms. The van der Waals surface area contributed by atoms with Crippen LogP contribution in [0.15, 0.2) is 6.20 Å². The molecule has 9 nitrogen and oxygen atoms in total. The Morgan fingerprint density at radius 1 is 1.61 bits per heavy atom. The summed E-state index contributed by atoms with van der Waals surface area (Å²) in [5, 5.41) is 20.6. The number of carboxylic acids is 1. The number of nitro groups is 1. The molecule has 1 aromatic heterocycles. The van der Waals surface area contributed by atoms with Gasteiger partial charge in [-0.05, 0) is 30.9 Å². The van der Waals surface area contributed by atoms with Crippen molar-refractivity contribution >= 4 is 29.1 Å². The van der Waals surface area contributed by atoms with Crippen molar-refractivity contribution in [1.82, 2.24) is 9.97 Å². The first kappa shape index (κ1) is 17.4. The van der Waals surface area contributed by atoms with Crippen molar-refractivity contribution in [2.45, 2.75) is 38.3 Å². The third-order valence-corrected chi connectivity index (χ3v) is 3.94. The number of nitrogens with zero attached hydrogens (tertiary/aromatic N) is 4. The van der Waals surface area contributed by atoms with Gasteiger partial charge in [0, 0.05) is 19.3 Å². The van der Waals surface area contributed by atoms with Crippen LogP contribution in [-0.2, 0) is 9.53 Å². The van der Waals surface area contributed by atoms with Crippen molar-refractivity contribution in [2.24, 2.45) is 0 Å². The lowest BCUT2D eigenvalue weighted by molar-refractivity contribution is -0.384. The zero-order valence-electron chi connectivity index (χ0n) is 12.5. The van der Waals surface area contributed by atoms with Gasteiger partial charge in [0.15, 0.2) is 0 Å². The Morgan fingerprint density at radius 3 is 2.78 bits per heavy atom. The molecule has 0 amide bonds. The highest BCUT2D eigenvalue weighted by molar-refractivity contribution is 6.28. The molecule has 0 saturated carbocycles. The van der Waals surface area contributed by atoms with Gasteiger partial charge in [-0.1, -0.05) is 6.92 Å². The van der Waals surface area contributed by atoms with Gasteiger partial charge in [-0.2, -0.15) is 4.98 Å². The Hall–Kier alpha value is -2.00. The summed E-state index contributed by atoms with van der Waals surface area (Å²) in [7, 11) is 0. The lowest BCUT2D eigenvalue weighted by atomic mass is 10.0. The predicted molar refractivity (Wildman–Crippen MR) is 81.7 cm³/mol. The zero-order valence-corrected chi connectivity index (χ0v) is 13.3. The van der Waals surface area contributed by atoms with Gasteiger partial charge in [0.25, 0.3) is 0 Å². The van der Waals surface area contributed by atoms with E-state index in [2.05, 4.69) is 9.97 Å². The number of hydrogen-bond acceptors (Lipinski definition) is 7. The minimum absolute atomic E-state index is 0.0591. The molecule has 1 aliphatic heterocycles. The van der Waals surface area contributed by atoms with E-state index in [1.165, 1.54) is 4.90 Å². The van der Waals surface area contributed by atoms with Crippen LogP contribution < -0.4 is 4.90 Å². The van der Waals surface area contributed by atoms with E-state index in [-0.39, 0.29) is 29.3 Å². The van der Waals surface area contributed by atoms with E-state index in [4.69, 9.17) is 16.3 Å². The van der Waals surface area contributed by atoms with Gasteiger partial charge in [0.05, 0.1) is 4.92 Å². The van der Waals surface area contributed by atoms with Crippen molar-refractivity contribution in [3.05, 3.63) is 21.6 Å². The summed E-state index contributed by atoms with van der Waals surface area (Å²) >= 11 is 5.79. The number of rotatable bonds is 6. The van der Waals surface area contributed by atoms with E-state index < -0.39 is 16.9 Å². The van der Waals surface area contributed by atoms with E-state index in [9.17, 15) is 20.0 Å². The molecule has 1 N–H and O–H groups in total. The molecule has 1 aromatic rings. The van der Waals surface area contributed by atoms with E-state index in [0.717, 1.165) is 6.20 Å². The molecule has 2 heterocycles. The van der Waals surface area contributed by atoms with E-state index >= 15 is 0 Å². The minimum Gasteiger partial charge on any atom is -0.480 e. The average Bonchev–Trinajstić information content (AvgIpc) is 2.52. The summed E-state index contributed by atoms with van der Waals surface area (Å²) in [6.45, 7) is 2.63.